The number of ketones is 1. The van der Waals surface area contributed by atoms with Gasteiger partial charge in [0.15, 0.2) is 17.3 Å². The van der Waals surface area contributed by atoms with Gasteiger partial charge in [0, 0.05) is 17.7 Å². The maximum absolute atomic E-state index is 13.8. The highest BCUT2D eigenvalue weighted by atomic mass is 19.4. The van der Waals surface area contributed by atoms with Crippen molar-refractivity contribution in [3.63, 3.8) is 0 Å². The molecule has 2 N–H and O–H groups in total. The lowest BCUT2D eigenvalue weighted by Gasteiger charge is -2.40. The number of carbonyl (C=O) groups excluding carboxylic acids is 1. The van der Waals surface area contributed by atoms with Crippen LogP contribution in [0.5, 0.6) is 11.5 Å². The first-order valence-electron chi connectivity index (χ1n) is 10.6. The highest BCUT2D eigenvalue weighted by molar-refractivity contribution is 6.01. The van der Waals surface area contributed by atoms with Gasteiger partial charge in [-0.05, 0) is 42.7 Å². The van der Waals surface area contributed by atoms with Gasteiger partial charge in [0.2, 0.25) is 0 Å². The molecule has 9 heteroatoms. The molecule has 0 radical (unpaired) electrons. The van der Waals surface area contributed by atoms with Crippen molar-refractivity contribution in [2.45, 2.75) is 31.4 Å². The molecule has 1 heterocycles. The number of anilines is 1. The zero-order valence-corrected chi connectivity index (χ0v) is 18.6. The molecule has 2 aromatic rings. The van der Waals surface area contributed by atoms with E-state index in [1.165, 1.54) is 37.3 Å². The molecule has 176 valence electrons. The Morgan fingerprint density at radius 3 is 2.44 bits per heavy atom. The molecule has 4 rings (SSSR count). The first-order chi connectivity index (χ1) is 16.2. The number of Topliss-reactive ketones (excluding diaryl/α,β-unsaturated/α-hetero) is 1. The Bertz CT molecular complexity index is 1260. The molecule has 1 aliphatic heterocycles. The number of halogens is 3. The number of nitrogens with zero attached hydrogens (tertiary/aromatic N) is 2. The third-order valence-corrected chi connectivity index (χ3v) is 6.10. The topological polar surface area (TPSA) is 88.6 Å². The fraction of sp³-hybridized carbons (Fsp3) is 0.280. The lowest BCUT2D eigenvalue weighted by molar-refractivity contribution is -0.137. The van der Waals surface area contributed by atoms with Crippen LogP contribution in [-0.4, -0.2) is 20.0 Å². The van der Waals surface area contributed by atoms with Crippen molar-refractivity contribution in [3.05, 3.63) is 76.3 Å². The maximum Gasteiger partial charge on any atom is 0.418 e. The minimum Gasteiger partial charge on any atom is -0.493 e. The van der Waals surface area contributed by atoms with Crippen LogP contribution in [0.4, 0.5) is 18.9 Å². The number of allylic oxidation sites excluding steroid dienone is 3. The Kier molecular flexibility index (Phi) is 6.00. The second-order valence-electron chi connectivity index (χ2n) is 7.95. The van der Waals surface area contributed by atoms with Crippen LogP contribution in [0, 0.1) is 11.3 Å². The molecule has 1 aliphatic carbocycles. The zero-order valence-electron chi connectivity index (χ0n) is 18.6. The van der Waals surface area contributed by atoms with E-state index in [1.54, 1.807) is 18.2 Å². The second-order valence-corrected chi connectivity index (χ2v) is 7.95. The van der Waals surface area contributed by atoms with Crippen LogP contribution < -0.4 is 20.1 Å². The van der Waals surface area contributed by atoms with Gasteiger partial charge in [0.05, 0.1) is 43.0 Å². The summed E-state index contributed by atoms with van der Waals surface area (Å²) >= 11 is 0. The molecule has 34 heavy (non-hydrogen) atoms. The lowest BCUT2D eigenvalue weighted by Crippen LogP contribution is -2.39. The minimum absolute atomic E-state index is 0.00167. The summed E-state index contributed by atoms with van der Waals surface area (Å²) in [6.45, 7) is 0. The Morgan fingerprint density at radius 1 is 1.09 bits per heavy atom. The molecule has 0 spiro atoms. The molecule has 0 fully saturated rings. The molecular formula is C25H22F3N3O3. The van der Waals surface area contributed by atoms with Gasteiger partial charge < -0.3 is 15.2 Å². The molecule has 0 unspecified atom stereocenters. The van der Waals surface area contributed by atoms with Crippen molar-refractivity contribution < 1.29 is 27.4 Å². The number of para-hydroxylation sites is 1. The second kappa shape index (κ2) is 8.78. The highest BCUT2D eigenvalue weighted by Gasteiger charge is 2.43. The largest absolute Gasteiger partial charge is 0.493 e. The van der Waals surface area contributed by atoms with Crippen molar-refractivity contribution in [1.29, 1.82) is 5.26 Å². The molecule has 2 aromatic carbocycles. The van der Waals surface area contributed by atoms with Crippen LogP contribution in [0.2, 0.25) is 0 Å². The normalized spacial score (nSPS) is 18.5. The molecular weight excluding hydrogens is 447 g/mol. The van der Waals surface area contributed by atoms with Crippen molar-refractivity contribution in [2.24, 2.45) is 5.73 Å². The van der Waals surface area contributed by atoms with E-state index in [1.807, 2.05) is 0 Å². The van der Waals surface area contributed by atoms with E-state index in [0.29, 0.717) is 35.6 Å². The van der Waals surface area contributed by atoms with E-state index in [2.05, 4.69) is 6.07 Å². The summed E-state index contributed by atoms with van der Waals surface area (Å²) in [5.74, 6) is -0.335. The van der Waals surface area contributed by atoms with Gasteiger partial charge in [-0.3, -0.25) is 9.69 Å². The Hall–Kier alpha value is -3.93. The number of hydrogen-bond acceptors (Lipinski definition) is 6. The molecule has 0 aromatic heterocycles. The van der Waals surface area contributed by atoms with E-state index >= 15 is 0 Å². The number of alkyl halides is 3. The summed E-state index contributed by atoms with van der Waals surface area (Å²) in [6, 6.07) is 12.1. The van der Waals surface area contributed by atoms with Gasteiger partial charge in [-0.15, -0.1) is 0 Å². The number of benzene rings is 2. The van der Waals surface area contributed by atoms with E-state index in [9.17, 15) is 23.2 Å². The van der Waals surface area contributed by atoms with Gasteiger partial charge in [-0.2, -0.15) is 18.4 Å². The summed E-state index contributed by atoms with van der Waals surface area (Å²) in [5.41, 5.74) is 6.50. The third kappa shape index (κ3) is 3.75. The van der Waals surface area contributed by atoms with Crippen molar-refractivity contribution in [3.8, 4) is 17.6 Å². The van der Waals surface area contributed by atoms with Gasteiger partial charge in [-0.1, -0.05) is 18.2 Å². The number of nitrogens with two attached hydrogens (primary N) is 1. The number of rotatable bonds is 4. The first kappa shape index (κ1) is 23.2. The third-order valence-electron chi connectivity index (χ3n) is 6.10. The van der Waals surface area contributed by atoms with Gasteiger partial charge in [0.1, 0.15) is 5.82 Å². The summed E-state index contributed by atoms with van der Waals surface area (Å²) in [4.78, 5) is 14.4. The van der Waals surface area contributed by atoms with E-state index in [0.717, 1.165) is 6.07 Å². The van der Waals surface area contributed by atoms with Crippen LogP contribution in [-0.2, 0) is 11.0 Å². The van der Waals surface area contributed by atoms with E-state index in [-0.39, 0.29) is 34.9 Å². The van der Waals surface area contributed by atoms with Crippen LogP contribution in [0.15, 0.2) is 65.1 Å². The Balaban J connectivity index is 1.99. The van der Waals surface area contributed by atoms with Gasteiger partial charge in [0.25, 0.3) is 0 Å². The summed E-state index contributed by atoms with van der Waals surface area (Å²) in [5, 5.41) is 10.1. The molecule has 6 nitrogen and oxygen atoms in total. The average Bonchev–Trinajstić information content (AvgIpc) is 2.82. The summed E-state index contributed by atoms with van der Waals surface area (Å²) < 4.78 is 52.2. The number of nitriles is 1. The average molecular weight is 469 g/mol. The van der Waals surface area contributed by atoms with Crippen LogP contribution >= 0.6 is 0 Å². The van der Waals surface area contributed by atoms with Crippen LogP contribution in [0.25, 0.3) is 0 Å². The van der Waals surface area contributed by atoms with E-state index < -0.39 is 17.7 Å². The summed E-state index contributed by atoms with van der Waals surface area (Å²) in [7, 11) is 2.95. The number of ether oxygens (including phenoxy) is 2. The molecule has 0 saturated heterocycles. The molecule has 1 atom stereocenters. The number of hydrogen-bond donors (Lipinski definition) is 1. The smallest absolute Gasteiger partial charge is 0.418 e. The highest BCUT2D eigenvalue weighted by Crippen LogP contribution is 2.49. The Labute approximate surface area is 194 Å². The van der Waals surface area contributed by atoms with Crippen molar-refractivity contribution in [2.75, 3.05) is 19.1 Å². The zero-order chi connectivity index (χ0) is 24.6. The van der Waals surface area contributed by atoms with Crippen LogP contribution in [0.1, 0.15) is 36.3 Å². The SMILES string of the molecule is COc1ccc([C@@H]2C(C#N)=C(N)N(c3ccccc3C(F)(F)F)C3=C2C(=O)CCC3)cc1OC. The maximum atomic E-state index is 13.8. The fourth-order valence-corrected chi connectivity index (χ4v) is 4.64. The predicted molar refractivity (Wildman–Crippen MR) is 119 cm³/mol. The van der Waals surface area contributed by atoms with Crippen LogP contribution in [0.3, 0.4) is 0 Å². The van der Waals surface area contributed by atoms with Crippen molar-refractivity contribution >= 4 is 11.5 Å². The summed E-state index contributed by atoms with van der Waals surface area (Å²) in [6.07, 6.45) is -3.61. The monoisotopic (exact) mass is 469 g/mol. The number of methoxy groups -OCH3 is 2. The van der Waals surface area contributed by atoms with Gasteiger partial charge >= 0.3 is 6.18 Å². The van der Waals surface area contributed by atoms with Crippen molar-refractivity contribution in [1.82, 2.24) is 0 Å². The number of carbonyl (C=O) groups is 1. The fourth-order valence-electron chi connectivity index (χ4n) is 4.64. The Morgan fingerprint density at radius 2 is 1.79 bits per heavy atom. The quantitative estimate of drug-likeness (QED) is 0.676. The molecule has 0 saturated carbocycles. The first-order valence-corrected chi connectivity index (χ1v) is 10.6. The lowest BCUT2D eigenvalue weighted by atomic mass is 9.75. The predicted octanol–water partition coefficient (Wildman–Crippen LogP) is 5.03. The van der Waals surface area contributed by atoms with Gasteiger partial charge in [-0.25, -0.2) is 0 Å². The molecule has 0 amide bonds. The standard InChI is InChI=1S/C25H22F3N3O3/c1-33-20-11-10-14(12-21(20)34-2)22-15(13-29)24(30)31(18-8-5-9-19(32)23(18)22)17-7-4-3-6-16(17)25(26,27)28/h3-4,6-7,10-12,22H,5,8-9,30H2,1-2H3/t22-/m1/s1. The molecule has 0 bridgehead atoms. The van der Waals surface area contributed by atoms with E-state index in [4.69, 9.17) is 15.2 Å². The minimum atomic E-state index is -4.65. The molecule has 2 aliphatic rings.